The Hall–Kier alpha value is -1.30. The molecule has 0 aromatic rings. The third-order valence-electron chi connectivity index (χ3n) is 2.84. The number of rotatable bonds is 8. The summed E-state index contributed by atoms with van der Waals surface area (Å²) in [4.78, 5) is 22.8. The van der Waals surface area contributed by atoms with Gasteiger partial charge < -0.3 is 20.5 Å². The average Bonchev–Trinajstić information content (AvgIpc) is 2.30. The van der Waals surface area contributed by atoms with Gasteiger partial charge in [0, 0.05) is 6.61 Å². The van der Waals surface area contributed by atoms with E-state index in [2.05, 4.69) is 10.6 Å². The van der Waals surface area contributed by atoms with E-state index in [1.165, 1.54) is 0 Å². The Balaban J connectivity index is 4.43. The molecule has 0 heterocycles. The Morgan fingerprint density at radius 2 is 1.68 bits per heavy atom. The summed E-state index contributed by atoms with van der Waals surface area (Å²) in [7, 11) is 0. The number of urea groups is 1. The minimum absolute atomic E-state index is 0.137. The van der Waals surface area contributed by atoms with Crippen molar-refractivity contribution in [2.75, 3.05) is 13.2 Å². The largest absolute Gasteiger partial charge is 0.480 e. The van der Waals surface area contributed by atoms with E-state index in [4.69, 9.17) is 9.84 Å². The fourth-order valence-electron chi connectivity index (χ4n) is 1.51. The number of carbonyl (C=O) groups excluding carboxylic acids is 1. The number of carboxylic acid groups (broad SMARTS) is 1. The molecule has 2 unspecified atom stereocenters. The molecule has 0 aliphatic heterocycles. The highest BCUT2D eigenvalue weighted by molar-refractivity contribution is 5.82. The molecule has 0 radical (unpaired) electrons. The van der Waals surface area contributed by atoms with E-state index < -0.39 is 18.0 Å². The van der Waals surface area contributed by atoms with Gasteiger partial charge in [-0.05, 0) is 18.8 Å². The Morgan fingerprint density at radius 3 is 2.05 bits per heavy atom. The molecule has 0 aromatic heterocycles. The Bertz CT molecular complexity index is 292. The van der Waals surface area contributed by atoms with Gasteiger partial charge in [-0.15, -0.1) is 0 Å². The molecular formula is C13H26N2O4. The highest BCUT2D eigenvalue weighted by Gasteiger charge is 2.25. The van der Waals surface area contributed by atoms with Crippen molar-refractivity contribution < 1.29 is 19.4 Å². The first-order valence-electron chi connectivity index (χ1n) is 6.67. The topological polar surface area (TPSA) is 87.7 Å². The molecule has 0 bridgehead atoms. The summed E-state index contributed by atoms with van der Waals surface area (Å²) in [5, 5.41) is 14.2. The molecule has 0 aliphatic rings. The lowest BCUT2D eigenvalue weighted by atomic mass is 10.0. The van der Waals surface area contributed by atoms with Crippen molar-refractivity contribution in [2.24, 2.45) is 11.8 Å². The second-order valence-corrected chi connectivity index (χ2v) is 5.19. The van der Waals surface area contributed by atoms with Crippen molar-refractivity contribution in [3.05, 3.63) is 0 Å². The number of carbonyl (C=O) groups is 2. The summed E-state index contributed by atoms with van der Waals surface area (Å²) >= 11 is 0. The third-order valence-corrected chi connectivity index (χ3v) is 2.84. The van der Waals surface area contributed by atoms with Crippen molar-refractivity contribution in [3.8, 4) is 0 Å². The lowest BCUT2D eigenvalue weighted by Gasteiger charge is -2.24. The third kappa shape index (κ3) is 7.00. The molecule has 0 rings (SSSR count). The Labute approximate surface area is 114 Å². The molecule has 0 saturated heterocycles. The minimum atomic E-state index is -1.03. The molecule has 0 fully saturated rings. The van der Waals surface area contributed by atoms with E-state index in [1.54, 1.807) is 13.8 Å². The summed E-state index contributed by atoms with van der Waals surface area (Å²) in [6, 6.07) is -1.50. The number of ether oxygens (including phenoxy) is 1. The average molecular weight is 274 g/mol. The number of amides is 2. The van der Waals surface area contributed by atoms with Gasteiger partial charge >= 0.3 is 12.0 Å². The first-order chi connectivity index (χ1) is 8.79. The summed E-state index contributed by atoms with van der Waals surface area (Å²) in [5.74, 6) is -0.997. The van der Waals surface area contributed by atoms with Crippen molar-refractivity contribution >= 4 is 12.0 Å². The van der Waals surface area contributed by atoms with Crippen LogP contribution in [0.25, 0.3) is 0 Å². The number of aliphatic carboxylic acids is 1. The molecule has 2 amide bonds. The van der Waals surface area contributed by atoms with Gasteiger partial charge in [0.2, 0.25) is 0 Å². The SMILES string of the molecule is CCOCC(NC(=O)NC(C(=O)O)C(C)C)C(C)C. The minimum Gasteiger partial charge on any atom is -0.480 e. The Kier molecular flexibility index (Phi) is 8.14. The van der Waals surface area contributed by atoms with Crippen molar-refractivity contribution in [3.63, 3.8) is 0 Å². The number of nitrogens with one attached hydrogen (secondary N) is 2. The molecule has 112 valence electrons. The van der Waals surface area contributed by atoms with Crippen molar-refractivity contribution in [2.45, 2.75) is 46.7 Å². The Morgan fingerprint density at radius 1 is 1.11 bits per heavy atom. The van der Waals surface area contributed by atoms with Gasteiger partial charge in [-0.2, -0.15) is 0 Å². The molecule has 6 heteroatoms. The van der Waals surface area contributed by atoms with Gasteiger partial charge in [-0.3, -0.25) is 0 Å². The maximum Gasteiger partial charge on any atom is 0.326 e. The van der Waals surface area contributed by atoms with E-state index in [0.29, 0.717) is 13.2 Å². The van der Waals surface area contributed by atoms with Crippen molar-refractivity contribution in [1.29, 1.82) is 0 Å². The first-order valence-corrected chi connectivity index (χ1v) is 6.67. The molecule has 0 saturated carbocycles. The van der Waals surface area contributed by atoms with Crippen LogP contribution >= 0.6 is 0 Å². The summed E-state index contributed by atoms with van der Waals surface area (Å²) in [6.45, 7) is 10.3. The zero-order valence-electron chi connectivity index (χ0n) is 12.4. The molecule has 0 aliphatic carbocycles. The van der Waals surface area contributed by atoms with Crippen LogP contribution in [0.3, 0.4) is 0 Å². The maximum absolute atomic E-state index is 11.8. The smallest absolute Gasteiger partial charge is 0.326 e. The summed E-state index contributed by atoms with van der Waals surface area (Å²) < 4.78 is 5.30. The van der Waals surface area contributed by atoms with Gasteiger partial charge in [-0.1, -0.05) is 27.7 Å². The molecular weight excluding hydrogens is 248 g/mol. The molecule has 6 nitrogen and oxygen atoms in total. The van der Waals surface area contributed by atoms with Gasteiger partial charge in [0.05, 0.1) is 12.6 Å². The predicted octanol–water partition coefficient (Wildman–Crippen LogP) is 1.46. The fourth-order valence-corrected chi connectivity index (χ4v) is 1.51. The highest BCUT2D eigenvalue weighted by atomic mass is 16.5. The van der Waals surface area contributed by atoms with Crippen LogP contribution in [0.1, 0.15) is 34.6 Å². The molecule has 3 N–H and O–H groups in total. The monoisotopic (exact) mass is 274 g/mol. The van der Waals surface area contributed by atoms with Gasteiger partial charge in [0.25, 0.3) is 0 Å². The zero-order valence-corrected chi connectivity index (χ0v) is 12.4. The number of carboxylic acids is 1. The van der Waals surface area contributed by atoms with Crippen molar-refractivity contribution in [1.82, 2.24) is 10.6 Å². The predicted molar refractivity (Wildman–Crippen MR) is 73.0 cm³/mol. The van der Waals surface area contributed by atoms with Crippen LogP contribution in [-0.4, -0.2) is 42.4 Å². The highest BCUT2D eigenvalue weighted by Crippen LogP contribution is 2.04. The normalized spacial score (nSPS) is 14.3. The number of hydrogen-bond acceptors (Lipinski definition) is 3. The molecule has 19 heavy (non-hydrogen) atoms. The van der Waals surface area contributed by atoms with Crippen LogP contribution in [0.2, 0.25) is 0 Å². The molecule has 0 spiro atoms. The standard InChI is InChI=1S/C13H26N2O4/c1-6-19-7-10(8(2)3)14-13(18)15-11(9(4)5)12(16)17/h8-11H,6-7H2,1-5H3,(H,16,17)(H2,14,15,18). The summed E-state index contributed by atoms with van der Waals surface area (Å²) in [6.07, 6.45) is 0. The summed E-state index contributed by atoms with van der Waals surface area (Å²) in [5.41, 5.74) is 0. The van der Waals surface area contributed by atoms with Crippen LogP contribution in [0, 0.1) is 11.8 Å². The first kappa shape index (κ1) is 17.7. The molecule has 0 aromatic carbocycles. The fraction of sp³-hybridized carbons (Fsp3) is 0.846. The van der Waals surface area contributed by atoms with Crippen LogP contribution in [0.4, 0.5) is 4.79 Å². The van der Waals surface area contributed by atoms with E-state index >= 15 is 0 Å². The maximum atomic E-state index is 11.8. The zero-order chi connectivity index (χ0) is 15.0. The lowest BCUT2D eigenvalue weighted by molar-refractivity contribution is -0.140. The van der Waals surface area contributed by atoms with Crippen LogP contribution in [-0.2, 0) is 9.53 Å². The van der Waals surface area contributed by atoms with E-state index in [9.17, 15) is 9.59 Å². The lowest BCUT2D eigenvalue weighted by Crippen LogP contribution is -2.53. The second kappa shape index (κ2) is 8.74. The van der Waals surface area contributed by atoms with E-state index in [-0.39, 0.29) is 17.9 Å². The van der Waals surface area contributed by atoms with Gasteiger partial charge in [0.1, 0.15) is 6.04 Å². The second-order valence-electron chi connectivity index (χ2n) is 5.19. The van der Waals surface area contributed by atoms with Crippen LogP contribution < -0.4 is 10.6 Å². The van der Waals surface area contributed by atoms with E-state index in [1.807, 2.05) is 20.8 Å². The van der Waals surface area contributed by atoms with E-state index in [0.717, 1.165) is 0 Å². The van der Waals surface area contributed by atoms with Crippen LogP contribution in [0.5, 0.6) is 0 Å². The molecule has 2 atom stereocenters. The van der Waals surface area contributed by atoms with Gasteiger partial charge in [-0.25, -0.2) is 9.59 Å². The van der Waals surface area contributed by atoms with Gasteiger partial charge in [0.15, 0.2) is 0 Å². The quantitative estimate of drug-likeness (QED) is 0.625. The number of hydrogen-bond donors (Lipinski definition) is 3. The van der Waals surface area contributed by atoms with Crippen LogP contribution in [0.15, 0.2) is 0 Å².